The van der Waals surface area contributed by atoms with Gasteiger partial charge >= 0.3 is 0 Å². The number of nitrogen functional groups attached to an aromatic ring is 1. The highest BCUT2D eigenvalue weighted by Gasteiger charge is 2.19. The van der Waals surface area contributed by atoms with Crippen LogP contribution in [0.15, 0.2) is 60.9 Å². The summed E-state index contributed by atoms with van der Waals surface area (Å²) in [6.07, 6.45) is 3.24. The second-order valence-electron chi connectivity index (χ2n) is 5.87. The summed E-state index contributed by atoms with van der Waals surface area (Å²) in [5.74, 6) is -1.16. The third-order valence-electron chi connectivity index (χ3n) is 4.23. The molecule has 0 saturated heterocycles. The number of aromatic nitrogens is 2. The van der Waals surface area contributed by atoms with Gasteiger partial charge in [-0.25, -0.2) is 9.37 Å². The second kappa shape index (κ2) is 6.28. The van der Waals surface area contributed by atoms with Gasteiger partial charge in [0.05, 0.1) is 11.3 Å². The summed E-state index contributed by atoms with van der Waals surface area (Å²) >= 11 is 5.93. The largest absolute Gasteiger partial charge is 0.396 e. The number of hydrogen-bond acceptors (Lipinski definition) is 3. The number of halogens is 2. The lowest BCUT2D eigenvalue weighted by atomic mass is 10.0. The van der Waals surface area contributed by atoms with Crippen LogP contribution in [0, 0.1) is 5.82 Å². The van der Waals surface area contributed by atoms with Crippen LogP contribution < -0.4 is 5.73 Å². The van der Waals surface area contributed by atoms with Gasteiger partial charge in [0, 0.05) is 33.9 Å². The maximum Gasteiger partial charge on any atom is 0.198 e. The molecule has 6 heteroatoms. The summed E-state index contributed by atoms with van der Waals surface area (Å²) in [5, 5.41) is 1.25. The van der Waals surface area contributed by atoms with Crippen LogP contribution in [0.2, 0.25) is 5.02 Å². The Balaban J connectivity index is 1.83. The smallest absolute Gasteiger partial charge is 0.198 e. The number of H-pyrrole nitrogens is 1. The van der Waals surface area contributed by atoms with Crippen molar-refractivity contribution in [3.05, 3.63) is 82.9 Å². The number of nitrogens with zero attached hydrogens (tertiary/aromatic N) is 1. The van der Waals surface area contributed by atoms with Crippen molar-refractivity contribution in [2.24, 2.45) is 0 Å². The molecule has 2 aromatic heterocycles. The van der Waals surface area contributed by atoms with E-state index in [1.165, 1.54) is 18.3 Å². The monoisotopic (exact) mass is 365 g/mol. The summed E-state index contributed by atoms with van der Waals surface area (Å²) in [7, 11) is 0. The summed E-state index contributed by atoms with van der Waals surface area (Å²) in [5.41, 5.74) is 8.09. The summed E-state index contributed by atoms with van der Waals surface area (Å²) in [4.78, 5) is 20.1. The Morgan fingerprint density at radius 1 is 1.08 bits per heavy atom. The van der Waals surface area contributed by atoms with E-state index in [-0.39, 0.29) is 11.3 Å². The molecule has 26 heavy (non-hydrogen) atoms. The Hall–Kier alpha value is -3.18. The molecule has 0 unspecified atom stereocenters. The molecule has 4 aromatic rings. The van der Waals surface area contributed by atoms with Crippen LogP contribution in [0.4, 0.5) is 10.1 Å². The highest BCUT2D eigenvalue weighted by Crippen LogP contribution is 2.28. The zero-order chi connectivity index (χ0) is 18.3. The number of carbonyl (C=O) groups excluding carboxylic acids is 1. The van der Waals surface area contributed by atoms with Crippen molar-refractivity contribution >= 4 is 34.1 Å². The molecule has 0 aliphatic heterocycles. The van der Waals surface area contributed by atoms with Gasteiger partial charge in [0.15, 0.2) is 11.6 Å². The molecule has 0 aliphatic carbocycles. The standard InChI is InChI=1S/C20H13ClFN3O/c21-13-6-4-11(5-7-13)12-8-15-16(10-25-20(15)24-9-12)19(26)14-2-1-3-17(23)18(14)22/h1-10H,23H2,(H,24,25). The number of hydrogen-bond donors (Lipinski definition) is 2. The third kappa shape index (κ3) is 2.72. The maximum atomic E-state index is 14.2. The summed E-state index contributed by atoms with van der Waals surface area (Å²) in [6.45, 7) is 0. The van der Waals surface area contributed by atoms with Gasteiger partial charge in [-0.15, -0.1) is 0 Å². The number of fused-ring (bicyclic) bond motifs is 1. The molecule has 0 amide bonds. The molecule has 0 bridgehead atoms. The average Bonchev–Trinajstić information content (AvgIpc) is 3.07. The molecular weight excluding hydrogens is 353 g/mol. The van der Waals surface area contributed by atoms with E-state index in [1.54, 1.807) is 24.4 Å². The molecular formula is C20H13ClFN3O. The fourth-order valence-electron chi connectivity index (χ4n) is 2.86. The highest BCUT2D eigenvalue weighted by atomic mass is 35.5. The van der Waals surface area contributed by atoms with Gasteiger partial charge in [-0.05, 0) is 35.9 Å². The number of carbonyl (C=O) groups is 1. The Morgan fingerprint density at radius 3 is 2.62 bits per heavy atom. The minimum Gasteiger partial charge on any atom is -0.396 e. The van der Waals surface area contributed by atoms with Crippen molar-refractivity contribution in [1.82, 2.24) is 9.97 Å². The van der Waals surface area contributed by atoms with Gasteiger partial charge in [-0.3, -0.25) is 4.79 Å². The lowest BCUT2D eigenvalue weighted by Crippen LogP contribution is -2.06. The third-order valence-corrected chi connectivity index (χ3v) is 4.48. The molecule has 2 heterocycles. The van der Waals surface area contributed by atoms with E-state index in [0.717, 1.165) is 11.1 Å². The van der Waals surface area contributed by atoms with Gasteiger partial charge in [0.1, 0.15) is 5.65 Å². The highest BCUT2D eigenvalue weighted by molar-refractivity contribution is 6.30. The van der Waals surface area contributed by atoms with E-state index < -0.39 is 11.6 Å². The summed E-state index contributed by atoms with van der Waals surface area (Å²) < 4.78 is 14.2. The number of ketones is 1. The average molecular weight is 366 g/mol. The van der Waals surface area contributed by atoms with Crippen LogP contribution in [0.3, 0.4) is 0 Å². The maximum absolute atomic E-state index is 14.2. The predicted molar refractivity (Wildman–Crippen MR) is 101 cm³/mol. The number of nitrogens with two attached hydrogens (primary N) is 1. The zero-order valence-corrected chi connectivity index (χ0v) is 14.2. The number of rotatable bonds is 3. The van der Waals surface area contributed by atoms with Crippen LogP contribution in [0.1, 0.15) is 15.9 Å². The molecule has 0 fully saturated rings. The molecule has 0 spiro atoms. The number of anilines is 1. The van der Waals surface area contributed by atoms with Crippen LogP contribution in [0.5, 0.6) is 0 Å². The van der Waals surface area contributed by atoms with Crippen molar-refractivity contribution in [2.75, 3.05) is 5.73 Å². The lowest BCUT2D eigenvalue weighted by molar-refractivity contribution is 0.103. The van der Waals surface area contributed by atoms with E-state index in [9.17, 15) is 9.18 Å². The second-order valence-corrected chi connectivity index (χ2v) is 6.30. The van der Waals surface area contributed by atoms with Crippen molar-refractivity contribution in [2.45, 2.75) is 0 Å². The zero-order valence-electron chi connectivity index (χ0n) is 13.5. The summed E-state index contributed by atoms with van der Waals surface area (Å²) in [6, 6.07) is 13.6. The molecule has 0 atom stereocenters. The first-order valence-corrected chi connectivity index (χ1v) is 8.24. The van der Waals surface area contributed by atoms with Crippen molar-refractivity contribution < 1.29 is 9.18 Å². The molecule has 0 aliphatic rings. The Kier molecular flexibility index (Phi) is 3.93. The van der Waals surface area contributed by atoms with Crippen LogP contribution in [-0.4, -0.2) is 15.8 Å². The Morgan fingerprint density at radius 2 is 1.85 bits per heavy atom. The number of aromatic amines is 1. The van der Waals surface area contributed by atoms with Gasteiger partial charge < -0.3 is 10.7 Å². The minimum absolute atomic E-state index is 0.0596. The first-order valence-electron chi connectivity index (χ1n) is 7.86. The molecule has 2 aromatic carbocycles. The Labute approximate surface area is 153 Å². The van der Waals surface area contributed by atoms with E-state index >= 15 is 0 Å². The van der Waals surface area contributed by atoms with E-state index in [4.69, 9.17) is 17.3 Å². The van der Waals surface area contributed by atoms with E-state index in [0.29, 0.717) is 21.6 Å². The fraction of sp³-hybridized carbons (Fsp3) is 0. The SMILES string of the molecule is Nc1cccc(C(=O)c2c[nH]c3ncc(-c4ccc(Cl)cc4)cc23)c1F. The fourth-order valence-corrected chi connectivity index (χ4v) is 2.99. The van der Waals surface area contributed by atoms with Crippen LogP contribution >= 0.6 is 11.6 Å². The first-order chi connectivity index (χ1) is 12.5. The van der Waals surface area contributed by atoms with E-state index in [2.05, 4.69) is 9.97 Å². The van der Waals surface area contributed by atoms with Gasteiger partial charge in [0.25, 0.3) is 0 Å². The molecule has 3 N–H and O–H groups in total. The number of nitrogens with one attached hydrogen (secondary N) is 1. The Bertz CT molecular complexity index is 1140. The molecule has 128 valence electrons. The normalized spacial score (nSPS) is 11.0. The van der Waals surface area contributed by atoms with Gasteiger partial charge in [0.2, 0.25) is 0 Å². The topological polar surface area (TPSA) is 71.8 Å². The number of pyridine rings is 1. The minimum atomic E-state index is -0.714. The van der Waals surface area contributed by atoms with Crippen molar-refractivity contribution in [3.8, 4) is 11.1 Å². The molecule has 4 rings (SSSR count). The number of benzene rings is 2. The molecule has 0 radical (unpaired) electrons. The predicted octanol–water partition coefficient (Wildman–Crippen LogP) is 4.84. The molecule has 0 saturated carbocycles. The van der Waals surface area contributed by atoms with Crippen molar-refractivity contribution in [3.63, 3.8) is 0 Å². The lowest BCUT2D eigenvalue weighted by Gasteiger charge is -2.05. The van der Waals surface area contributed by atoms with Crippen LogP contribution in [0.25, 0.3) is 22.2 Å². The van der Waals surface area contributed by atoms with Crippen molar-refractivity contribution in [1.29, 1.82) is 0 Å². The molecule has 4 nitrogen and oxygen atoms in total. The first kappa shape index (κ1) is 16.3. The van der Waals surface area contributed by atoms with Gasteiger partial charge in [-0.2, -0.15) is 0 Å². The van der Waals surface area contributed by atoms with Crippen LogP contribution in [-0.2, 0) is 0 Å². The van der Waals surface area contributed by atoms with Gasteiger partial charge in [-0.1, -0.05) is 29.8 Å². The van der Waals surface area contributed by atoms with E-state index in [1.807, 2.05) is 18.2 Å². The quantitative estimate of drug-likeness (QED) is 0.403.